The van der Waals surface area contributed by atoms with Gasteiger partial charge in [0.1, 0.15) is 6.04 Å². The van der Waals surface area contributed by atoms with Gasteiger partial charge >= 0.3 is 5.97 Å². The number of carboxylic acid groups (broad SMARTS) is 1. The van der Waals surface area contributed by atoms with Crippen LogP contribution in [0.15, 0.2) is 0 Å². The molecular weight excluding hydrogens is 208 g/mol. The Morgan fingerprint density at radius 3 is 2.12 bits per heavy atom. The Bertz CT molecular complexity index is 256. The summed E-state index contributed by atoms with van der Waals surface area (Å²) in [6, 6.07) is -0.845. The van der Waals surface area contributed by atoms with Crippen LogP contribution in [0.3, 0.4) is 0 Å². The maximum atomic E-state index is 11.5. The molecule has 0 radical (unpaired) electrons. The fraction of sp³-hybridized carbons (Fsp3) is 0.818. The quantitative estimate of drug-likeness (QED) is 0.724. The number of carbonyl (C=O) groups is 2. The second-order valence-electron chi connectivity index (χ2n) is 5.26. The second-order valence-corrected chi connectivity index (χ2v) is 5.26. The highest BCUT2D eigenvalue weighted by Gasteiger charge is 2.32. The number of amides is 1. The highest BCUT2D eigenvalue weighted by atomic mass is 16.4. The molecule has 0 saturated heterocycles. The minimum absolute atomic E-state index is 0.226. The Morgan fingerprint density at radius 1 is 1.31 bits per heavy atom. The van der Waals surface area contributed by atoms with Crippen LogP contribution in [0.1, 0.15) is 27.2 Å². The Labute approximate surface area is 96.8 Å². The fourth-order valence-corrected chi connectivity index (χ4v) is 1.21. The van der Waals surface area contributed by atoms with E-state index in [2.05, 4.69) is 5.32 Å². The van der Waals surface area contributed by atoms with Crippen molar-refractivity contribution in [3.05, 3.63) is 0 Å². The number of hydrogen-bond donors (Lipinski definition) is 2. The lowest BCUT2D eigenvalue weighted by atomic mass is 9.86. The van der Waals surface area contributed by atoms with Crippen LogP contribution in [0.25, 0.3) is 0 Å². The molecule has 16 heavy (non-hydrogen) atoms. The third-order valence-corrected chi connectivity index (χ3v) is 2.20. The van der Waals surface area contributed by atoms with Crippen LogP contribution in [0.4, 0.5) is 0 Å². The van der Waals surface area contributed by atoms with Crippen molar-refractivity contribution in [2.75, 3.05) is 20.6 Å². The van der Waals surface area contributed by atoms with Crippen LogP contribution >= 0.6 is 0 Å². The molecule has 0 aromatic carbocycles. The smallest absolute Gasteiger partial charge is 0.326 e. The molecule has 1 atom stereocenters. The van der Waals surface area contributed by atoms with E-state index in [1.54, 1.807) is 20.8 Å². The predicted octanol–water partition coefficient (Wildman–Crippen LogP) is 0.554. The van der Waals surface area contributed by atoms with E-state index >= 15 is 0 Å². The van der Waals surface area contributed by atoms with Crippen molar-refractivity contribution in [2.24, 2.45) is 5.41 Å². The Kier molecular flexibility index (Phi) is 5.44. The molecule has 5 nitrogen and oxygen atoms in total. The van der Waals surface area contributed by atoms with Crippen LogP contribution in [0, 0.1) is 5.41 Å². The standard InChI is InChI=1S/C11H22N2O3/c1-11(2,3)9(10(15)16)12-8(14)6-7-13(4)5/h9H,6-7H2,1-5H3,(H,12,14)(H,15,16). The van der Waals surface area contributed by atoms with Crippen molar-refractivity contribution in [1.29, 1.82) is 0 Å². The molecule has 0 aliphatic rings. The van der Waals surface area contributed by atoms with E-state index in [9.17, 15) is 9.59 Å². The SMILES string of the molecule is CN(C)CCC(=O)NC(C(=O)O)C(C)(C)C. The zero-order chi connectivity index (χ0) is 12.9. The molecular formula is C11H22N2O3. The van der Waals surface area contributed by atoms with E-state index in [1.165, 1.54) is 0 Å². The lowest BCUT2D eigenvalue weighted by molar-refractivity contribution is -0.145. The maximum absolute atomic E-state index is 11.5. The molecule has 0 aliphatic heterocycles. The fourth-order valence-electron chi connectivity index (χ4n) is 1.21. The zero-order valence-corrected chi connectivity index (χ0v) is 10.7. The summed E-state index contributed by atoms with van der Waals surface area (Å²) in [6.07, 6.45) is 0.312. The summed E-state index contributed by atoms with van der Waals surface area (Å²) < 4.78 is 0. The first-order chi connectivity index (χ1) is 7.14. The Balaban J connectivity index is 4.32. The Hall–Kier alpha value is -1.10. The zero-order valence-electron chi connectivity index (χ0n) is 10.7. The Morgan fingerprint density at radius 2 is 1.81 bits per heavy atom. The average molecular weight is 230 g/mol. The van der Waals surface area contributed by atoms with Gasteiger partial charge in [0, 0.05) is 13.0 Å². The predicted molar refractivity (Wildman–Crippen MR) is 62.2 cm³/mol. The largest absolute Gasteiger partial charge is 0.480 e. The number of carboxylic acids is 1. The van der Waals surface area contributed by atoms with Crippen LogP contribution in [-0.4, -0.2) is 48.6 Å². The summed E-state index contributed by atoms with van der Waals surface area (Å²) in [5.74, 6) is -1.22. The van der Waals surface area contributed by atoms with Crippen LogP contribution in [0.2, 0.25) is 0 Å². The highest BCUT2D eigenvalue weighted by molar-refractivity contribution is 5.84. The molecule has 0 bridgehead atoms. The van der Waals surface area contributed by atoms with Gasteiger partial charge in [0.05, 0.1) is 0 Å². The van der Waals surface area contributed by atoms with Crippen molar-refractivity contribution < 1.29 is 14.7 Å². The van der Waals surface area contributed by atoms with Gasteiger partial charge in [-0.1, -0.05) is 20.8 Å². The minimum Gasteiger partial charge on any atom is -0.480 e. The van der Waals surface area contributed by atoms with Crippen molar-refractivity contribution in [3.63, 3.8) is 0 Å². The first-order valence-corrected chi connectivity index (χ1v) is 5.31. The molecule has 2 N–H and O–H groups in total. The summed E-state index contributed by atoms with van der Waals surface area (Å²) in [4.78, 5) is 24.4. The highest BCUT2D eigenvalue weighted by Crippen LogP contribution is 2.19. The van der Waals surface area contributed by atoms with Crippen molar-refractivity contribution in [1.82, 2.24) is 10.2 Å². The van der Waals surface area contributed by atoms with Gasteiger partial charge in [0.15, 0.2) is 0 Å². The molecule has 0 aromatic rings. The molecule has 0 saturated carbocycles. The molecule has 5 heteroatoms. The number of nitrogens with one attached hydrogen (secondary N) is 1. The maximum Gasteiger partial charge on any atom is 0.326 e. The van der Waals surface area contributed by atoms with E-state index in [0.29, 0.717) is 13.0 Å². The molecule has 94 valence electrons. The molecule has 0 aromatic heterocycles. The van der Waals surface area contributed by atoms with E-state index in [4.69, 9.17) is 5.11 Å². The van der Waals surface area contributed by atoms with Crippen molar-refractivity contribution in [3.8, 4) is 0 Å². The van der Waals surface area contributed by atoms with Crippen molar-refractivity contribution in [2.45, 2.75) is 33.2 Å². The first kappa shape index (κ1) is 14.9. The summed E-state index contributed by atoms with van der Waals surface area (Å²) in [7, 11) is 3.73. The van der Waals surface area contributed by atoms with Gasteiger partial charge in [-0.15, -0.1) is 0 Å². The van der Waals surface area contributed by atoms with E-state index in [1.807, 2.05) is 19.0 Å². The number of nitrogens with zero attached hydrogens (tertiary/aromatic N) is 1. The first-order valence-electron chi connectivity index (χ1n) is 5.31. The van der Waals surface area contributed by atoms with Gasteiger partial charge in [-0.25, -0.2) is 4.79 Å². The van der Waals surface area contributed by atoms with Gasteiger partial charge in [-0.2, -0.15) is 0 Å². The summed E-state index contributed by atoms with van der Waals surface area (Å²) >= 11 is 0. The molecule has 1 amide bonds. The van der Waals surface area contributed by atoms with E-state index in [-0.39, 0.29) is 5.91 Å². The molecule has 0 aliphatic carbocycles. The molecule has 0 heterocycles. The average Bonchev–Trinajstić information content (AvgIpc) is 2.08. The topological polar surface area (TPSA) is 69.6 Å². The minimum atomic E-state index is -0.995. The number of hydrogen-bond acceptors (Lipinski definition) is 3. The van der Waals surface area contributed by atoms with E-state index in [0.717, 1.165) is 0 Å². The van der Waals surface area contributed by atoms with Gasteiger partial charge in [0.2, 0.25) is 5.91 Å². The van der Waals surface area contributed by atoms with Gasteiger partial charge in [0.25, 0.3) is 0 Å². The summed E-state index contributed by atoms with van der Waals surface area (Å²) in [5.41, 5.74) is -0.486. The molecule has 0 spiro atoms. The number of aliphatic carboxylic acids is 1. The third-order valence-electron chi connectivity index (χ3n) is 2.20. The molecule has 0 fully saturated rings. The van der Waals surface area contributed by atoms with Crippen LogP contribution in [-0.2, 0) is 9.59 Å². The molecule has 1 unspecified atom stereocenters. The van der Waals surface area contributed by atoms with Gasteiger partial charge in [-0.05, 0) is 19.5 Å². The summed E-state index contributed by atoms with van der Waals surface area (Å²) in [5, 5.41) is 11.6. The number of carbonyl (C=O) groups excluding carboxylic acids is 1. The van der Waals surface area contributed by atoms with Gasteiger partial charge in [-0.3, -0.25) is 4.79 Å². The lowest BCUT2D eigenvalue weighted by Gasteiger charge is -2.27. The second kappa shape index (κ2) is 5.84. The lowest BCUT2D eigenvalue weighted by Crippen LogP contribution is -2.49. The number of rotatable bonds is 5. The van der Waals surface area contributed by atoms with E-state index < -0.39 is 17.4 Å². The molecule has 0 rings (SSSR count). The monoisotopic (exact) mass is 230 g/mol. The van der Waals surface area contributed by atoms with Crippen molar-refractivity contribution >= 4 is 11.9 Å². The van der Waals surface area contributed by atoms with Crippen LogP contribution in [0.5, 0.6) is 0 Å². The van der Waals surface area contributed by atoms with Gasteiger partial charge < -0.3 is 15.3 Å². The third kappa shape index (κ3) is 5.70. The van der Waals surface area contributed by atoms with Crippen LogP contribution < -0.4 is 5.32 Å². The normalized spacial score (nSPS) is 13.6. The summed E-state index contributed by atoms with van der Waals surface area (Å²) in [6.45, 7) is 5.98.